The minimum absolute atomic E-state index is 0.532. The molecule has 1 unspecified atom stereocenters. The highest BCUT2D eigenvalue weighted by Crippen LogP contribution is 2.20. The number of H-pyrrole nitrogens is 1. The van der Waals surface area contributed by atoms with Crippen molar-refractivity contribution in [2.24, 2.45) is 0 Å². The van der Waals surface area contributed by atoms with Crippen LogP contribution in [0.2, 0.25) is 0 Å². The van der Waals surface area contributed by atoms with Crippen molar-refractivity contribution in [3.63, 3.8) is 0 Å². The van der Waals surface area contributed by atoms with Crippen molar-refractivity contribution in [2.75, 3.05) is 32.8 Å². The van der Waals surface area contributed by atoms with Gasteiger partial charge in [-0.3, -0.25) is 19.6 Å². The van der Waals surface area contributed by atoms with Crippen molar-refractivity contribution in [1.29, 1.82) is 0 Å². The van der Waals surface area contributed by atoms with Crippen molar-refractivity contribution in [3.8, 4) is 0 Å². The van der Waals surface area contributed by atoms with Gasteiger partial charge in [0.05, 0.1) is 25.1 Å². The molecule has 7 nitrogen and oxygen atoms in total. The Kier molecular flexibility index (Phi) is 4.41. The first-order chi connectivity index (χ1) is 11.4. The van der Waals surface area contributed by atoms with Crippen molar-refractivity contribution in [1.82, 2.24) is 29.8 Å². The SMILES string of the molecule is c1cc2n(n1)CCC(CN1CCOCC1)N(Cc1cn[nH]c1)C2. The molecule has 1 N–H and O–H groups in total. The molecule has 7 heteroatoms. The summed E-state index contributed by atoms with van der Waals surface area (Å²) in [7, 11) is 0. The molecule has 1 fully saturated rings. The van der Waals surface area contributed by atoms with Crippen LogP contribution in [0.1, 0.15) is 17.7 Å². The van der Waals surface area contributed by atoms with E-state index in [1.807, 2.05) is 18.6 Å². The quantitative estimate of drug-likeness (QED) is 0.900. The molecule has 0 amide bonds. The zero-order valence-corrected chi connectivity index (χ0v) is 13.4. The molecule has 0 radical (unpaired) electrons. The van der Waals surface area contributed by atoms with E-state index in [9.17, 15) is 0 Å². The van der Waals surface area contributed by atoms with Crippen LogP contribution >= 0.6 is 0 Å². The van der Waals surface area contributed by atoms with Gasteiger partial charge in [0, 0.05) is 63.3 Å². The fourth-order valence-corrected chi connectivity index (χ4v) is 3.56. The van der Waals surface area contributed by atoms with E-state index in [-0.39, 0.29) is 0 Å². The Morgan fingerprint density at radius 1 is 1.26 bits per heavy atom. The maximum absolute atomic E-state index is 5.48. The number of aromatic nitrogens is 4. The van der Waals surface area contributed by atoms with E-state index in [0.29, 0.717) is 6.04 Å². The van der Waals surface area contributed by atoms with E-state index in [0.717, 1.165) is 58.9 Å². The molecule has 0 saturated carbocycles. The van der Waals surface area contributed by atoms with Crippen LogP contribution in [0.15, 0.2) is 24.7 Å². The van der Waals surface area contributed by atoms with Gasteiger partial charge in [-0.1, -0.05) is 0 Å². The molecule has 4 rings (SSSR count). The molecule has 0 aromatic carbocycles. The van der Waals surface area contributed by atoms with Crippen LogP contribution in [0.5, 0.6) is 0 Å². The standard InChI is InChI=1S/C16H24N6O/c1-3-19-22-4-2-15(12-20-5-7-23-8-6-20)21(13-16(1)22)11-14-9-17-18-10-14/h1,3,9-10,15H,2,4-8,11-13H2,(H,17,18). The van der Waals surface area contributed by atoms with Gasteiger partial charge >= 0.3 is 0 Å². The van der Waals surface area contributed by atoms with Crippen LogP contribution in [-0.2, 0) is 24.4 Å². The first-order valence-electron chi connectivity index (χ1n) is 8.41. The average Bonchev–Trinajstić information content (AvgIpc) is 3.21. The van der Waals surface area contributed by atoms with Gasteiger partial charge in [0.15, 0.2) is 0 Å². The second-order valence-electron chi connectivity index (χ2n) is 6.41. The highest BCUT2D eigenvalue weighted by Gasteiger charge is 2.26. The Morgan fingerprint density at radius 2 is 2.17 bits per heavy atom. The lowest BCUT2D eigenvalue weighted by atomic mass is 10.1. The van der Waals surface area contributed by atoms with Gasteiger partial charge in [-0.25, -0.2) is 0 Å². The van der Waals surface area contributed by atoms with Crippen molar-refractivity contribution >= 4 is 0 Å². The number of morpholine rings is 1. The largest absolute Gasteiger partial charge is 0.379 e. The van der Waals surface area contributed by atoms with Crippen molar-refractivity contribution in [2.45, 2.75) is 32.1 Å². The second-order valence-corrected chi connectivity index (χ2v) is 6.41. The molecule has 2 aliphatic heterocycles. The maximum Gasteiger partial charge on any atom is 0.0594 e. The number of fused-ring (bicyclic) bond motifs is 1. The third-order valence-electron chi connectivity index (χ3n) is 4.87. The first-order valence-corrected chi connectivity index (χ1v) is 8.41. The average molecular weight is 316 g/mol. The first kappa shape index (κ1) is 14.9. The van der Waals surface area contributed by atoms with Gasteiger partial charge in [0.2, 0.25) is 0 Å². The van der Waals surface area contributed by atoms with Crippen LogP contribution in [0.4, 0.5) is 0 Å². The molecule has 2 aliphatic rings. The fourth-order valence-electron chi connectivity index (χ4n) is 3.56. The molecule has 1 atom stereocenters. The monoisotopic (exact) mass is 316 g/mol. The number of ether oxygens (including phenoxy) is 1. The van der Waals surface area contributed by atoms with E-state index in [1.165, 1.54) is 11.3 Å². The van der Waals surface area contributed by atoms with E-state index < -0.39 is 0 Å². The van der Waals surface area contributed by atoms with Crippen molar-refractivity contribution in [3.05, 3.63) is 35.9 Å². The molecular formula is C16H24N6O. The number of aromatic amines is 1. The normalized spacial score (nSPS) is 23.6. The molecule has 2 aromatic heterocycles. The minimum atomic E-state index is 0.532. The predicted octanol–water partition coefficient (Wildman–Crippen LogP) is 0.713. The van der Waals surface area contributed by atoms with Gasteiger partial charge in [-0.2, -0.15) is 10.2 Å². The molecule has 0 bridgehead atoms. The van der Waals surface area contributed by atoms with Gasteiger partial charge in [-0.15, -0.1) is 0 Å². The van der Waals surface area contributed by atoms with Gasteiger partial charge in [-0.05, 0) is 12.5 Å². The van der Waals surface area contributed by atoms with Gasteiger partial charge in [0.25, 0.3) is 0 Å². The summed E-state index contributed by atoms with van der Waals surface area (Å²) in [5.74, 6) is 0. The van der Waals surface area contributed by atoms with E-state index in [2.05, 4.69) is 35.8 Å². The number of rotatable bonds is 4. The molecule has 4 heterocycles. The Morgan fingerprint density at radius 3 is 3.00 bits per heavy atom. The summed E-state index contributed by atoms with van der Waals surface area (Å²) in [6, 6.07) is 2.67. The predicted molar refractivity (Wildman–Crippen MR) is 85.7 cm³/mol. The van der Waals surface area contributed by atoms with Crippen LogP contribution in [0, 0.1) is 0 Å². The highest BCUT2D eigenvalue weighted by atomic mass is 16.5. The molecule has 124 valence electrons. The summed E-state index contributed by atoms with van der Waals surface area (Å²) >= 11 is 0. The number of aryl methyl sites for hydroxylation is 1. The van der Waals surface area contributed by atoms with E-state index in [4.69, 9.17) is 4.74 Å². The molecule has 0 spiro atoms. The van der Waals surface area contributed by atoms with E-state index in [1.54, 1.807) is 0 Å². The molecule has 2 aromatic rings. The third-order valence-corrected chi connectivity index (χ3v) is 4.87. The molecule has 1 saturated heterocycles. The summed E-state index contributed by atoms with van der Waals surface area (Å²) in [6.45, 7) is 7.77. The Balaban J connectivity index is 1.50. The van der Waals surface area contributed by atoms with Crippen LogP contribution < -0.4 is 0 Å². The summed E-state index contributed by atoms with van der Waals surface area (Å²) in [4.78, 5) is 5.10. The van der Waals surface area contributed by atoms with Crippen LogP contribution in [-0.4, -0.2) is 68.7 Å². The van der Waals surface area contributed by atoms with Gasteiger partial charge in [0.1, 0.15) is 0 Å². The van der Waals surface area contributed by atoms with Crippen LogP contribution in [0.3, 0.4) is 0 Å². The third kappa shape index (κ3) is 3.46. The zero-order chi connectivity index (χ0) is 15.5. The summed E-state index contributed by atoms with van der Waals surface area (Å²) in [5.41, 5.74) is 2.54. The summed E-state index contributed by atoms with van der Waals surface area (Å²) in [5, 5.41) is 11.5. The summed E-state index contributed by atoms with van der Waals surface area (Å²) < 4.78 is 7.64. The Hall–Kier alpha value is -1.70. The topological polar surface area (TPSA) is 62.2 Å². The Labute approximate surface area is 136 Å². The molecular weight excluding hydrogens is 292 g/mol. The number of hydrogen-bond acceptors (Lipinski definition) is 5. The molecule has 23 heavy (non-hydrogen) atoms. The minimum Gasteiger partial charge on any atom is -0.379 e. The van der Waals surface area contributed by atoms with E-state index >= 15 is 0 Å². The lowest BCUT2D eigenvalue weighted by molar-refractivity contribution is 0.0197. The fraction of sp³-hybridized carbons (Fsp3) is 0.625. The van der Waals surface area contributed by atoms with Crippen molar-refractivity contribution < 1.29 is 4.74 Å². The Bertz CT molecular complexity index is 604. The zero-order valence-electron chi connectivity index (χ0n) is 13.4. The number of hydrogen-bond donors (Lipinski definition) is 1. The maximum atomic E-state index is 5.48. The lowest BCUT2D eigenvalue weighted by Gasteiger charge is -2.35. The highest BCUT2D eigenvalue weighted by molar-refractivity contribution is 5.07. The summed E-state index contributed by atoms with van der Waals surface area (Å²) in [6.07, 6.45) is 6.96. The lowest BCUT2D eigenvalue weighted by Crippen LogP contribution is -2.46. The number of nitrogens with zero attached hydrogens (tertiary/aromatic N) is 5. The van der Waals surface area contributed by atoms with Crippen LogP contribution in [0.25, 0.3) is 0 Å². The number of nitrogens with one attached hydrogen (secondary N) is 1. The molecule has 0 aliphatic carbocycles. The smallest absolute Gasteiger partial charge is 0.0594 e. The van der Waals surface area contributed by atoms with Gasteiger partial charge < -0.3 is 4.74 Å². The second kappa shape index (κ2) is 6.82.